The van der Waals surface area contributed by atoms with Crippen LogP contribution in [0.15, 0.2) is 42.2 Å². The van der Waals surface area contributed by atoms with Crippen molar-refractivity contribution in [3.05, 3.63) is 59.2 Å². The zero-order valence-corrected chi connectivity index (χ0v) is 18.0. The van der Waals surface area contributed by atoms with E-state index in [-0.39, 0.29) is 11.9 Å². The molecule has 6 rings (SSSR count). The quantitative estimate of drug-likeness (QED) is 0.398. The minimum Gasteiger partial charge on any atom is -0.480 e. The number of rotatable bonds is 5. The molecule has 1 aliphatic rings. The minimum atomic E-state index is -0.528. The number of ether oxygens (including phenoxy) is 2. The maximum absolute atomic E-state index is 14.5. The molecule has 0 radical (unpaired) electrons. The molecule has 5 aromatic rings. The number of nitrogens with zero attached hydrogens (tertiary/aromatic N) is 6. The lowest BCUT2D eigenvalue weighted by Crippen LogP contribution is -2.04. The second-order valence-electron chi connectivity index (χ2n) is 7.61. The van der Waals surface area contributed by atoms with Crippen LogP contribution < -0.4 is 9.47 Å². The summed E-state index contributed by atoms with van der Waals surface area (Å²) in [5, 5.41) is 4.44. The number of hydrogen-bond donors (Lipinski definition) is 0. The molecule has 1 aromatic carbocycles. The summed E-state index contributed by atoms with van der Waals surface area (Å²) in [4.78, 5) is 17.1. The number of fused-ring (bicyclic) bond motifs is 2. The zero-order valence-electron chi connectivity index (χ0n) is 17.2. The van der Waals surface area contributed by atoms with E-state index in [1.807, 2.05) is 11.6 Å². The van der Waals surface area contributed by atoms with Crippen LogP contribution in [0.2, 0.25) is 0 Å². The van der Waals surface area contributed by atoms with Gasteiger partial charge in [0.1, 0.15) is 0 Å². The van der Waals surface area contributed by atoms with Gasteiger partial charge in [0, 0.05) is 11.8 Å². The van der Waals surface area contributed by atoms with Gasteiger partial charge in [-0.2, -0.15) is 19.0 Å². The Hall–Kier alpha value is -3.66. The van der Waals surface area contributed by atoms with Gasteiger partial charge in [0.2, 0.25) is 11.8 Å². The normalized spacial score (nSPS) is 17.7. The fourth-order valence-corrected chi connectivity index (χ4v) is 4.89. The molecular formula is C22H17FN6O2S. The summed E-state index contributed by atoms with van der Waals surface area (Å²) >= 11 is 1.63. The summed E-state index contributed by atoms with van der Waals surface area (Å²) < 4.78 is 27.4. The topological polar surface area (TPSA) is 87.3 Å². The van der Waals surface area contributed by atoms with Crippen molar-refractivity contribution in [3.8, 4) is 23.1 Å². The Morgan fingerprint density at radius 3 is 2.81 bits per heavy atom. The van der Waals surface area contributed by atoms with Crippen LogP contribution in [0.3, 0.4) is 0 Å². The number of hydrogen-bond acceptors (Lipinski definition) is 8. The van der Waals surface area contributed by atoms with Crippen LogP contribution in [0.25, 0.3) is 27.1 Å². The maximum atomic E-state index is 14.5. The average Bonchev–Trinajstić information content (AvgIpc) is 3.33. The van der Waals surface area contributed by atoms with E-state index in [4.69, 9.17) is 9.47 Å². The van der Waals surface area contributed by atoms with Crippen molar-refractivity contribution in [1.82, 2.24) is 29.5 Å². The maximum Gasteiger partial charge on any atom is 0.319 e. The Bertz CT molecular complexity index is 1480. The third-order valence-electron chi connectivity index (χ3n) is 5.81. The monoisotopic (exact) mass is 448 g/mol. The molecule has 1 saturated carbocycles. The predicted octanol–water partition coefficient (Wildman–Crippen LogP) is 4.22. The van der Waals surface area contributed by atoms with Crippen LogP contribution in [0.1, 0.15) is 29.4 Å². The second-order valence-corrected chi connectivity index (χ2v) is 8.50. The zero-order chi connectivity index (χ0) is 21.8. The van der Waals surface area contributed by atoms with Crippen LogP contribution >= 0.6 is 11.3 Å². The molecule has 4 aromatic heterocycles. The minimum absolute atomic E-state index is 0.182. The number of benzene rings is 1. The van der Waals surface area contributed by atoms with E-state index in [0.717, 1.165) is 17.5 Å². The first-order valence-corrected chi connectivity index (χ1v) is 10.9. The average molecular weight is 448 g/mol. The highest BCUT2D eigenvalue weighted by Gasteiger charge is 2.42. The van der Waals surface area contributed by atoms with Crippen molar-refractivity contribution >= 4 is 27.2 Å². The smallest absolute Gasteiger partial charge is 0.319 e. The van der Waals surface area contributed by atoms with Gasteiger partial charge < -0.3 is 9.47 Å². The molecule has 0 unspecified atom stereocenters. The predicted molar refractivity (Wildman–Crippen MR) is 117 cm³/mol. The van der Waals surface area contributed by atoms with Crippen LogP contribution in [-0.2, 0) is 0 Å². The molecule has 0 N–H and O–H groups in total. The van der Waals surface area contributed by atoms with Crippen molar-refractivity contribution in [2.75, 3.05) is 14.2 Å². The summed E-state index contributed by atoms with van der Waals surface area (Å²) in [6.45, 7) is 0. The molecule has 2 atom stereocenters. The van der Waals surface area contributed by atoms with E-state index in [0.29, 0.717) is 28.7 Å². The first-order valence-electron chi connectivity index (χ1n) is 9.99. The molecule has 0 bridgehead atoms. The van der Waals surface area contributed by atoms with Crippen LogP contribution in [0.4, 0.5) is 4.39 Å². The first-order chi connectivity index (χ1) is 15.7. The Kier molecular flexibility index (Phi) is 4.29. The van der Waals surface area contributed by atoms with Crippen molar-refractivity contribution < 1.29 is 13.9 Å². The van der Waals surface area contributed by atoms with Crippen molar-refractivity contribution in [2.45, 2.75) is 18.3 Å². The van der Waals surface area contributed by atoms with Gasteiger partial charge in [0.05, 0.1) is 47.4 Å². The molecule has 0 amide bonds. The Morgan fingerprint density at radius 1 is 1.06 bits per heavy atom. The van der Waals surface area contributed by atoms with E-state index in [1.54, 1.807) is 17.5 Å². The second kappa shape index (κ2) is 7.20. The fraction of sp³-hybridized carbons (Fsp3) is 0.227. The van der Waals surface area contributed by atoms with Gasteiger partial charge in [-0.25, -0.2) is 15.0 Å². The van der Waals surface area contributed by atoms with Gasteiger partial charge in [-0.15, -0.1) is 11.3 Å². The van der Waals surface area contributed by atoms with Gasteiger partial charge in [0.25, 0.3) is 0 Å². The summed E-state index contributed by atoms with van der Waals surface area (Å²) in [6.07, 6.45) is 3.71. The Balaban J connectivity index is 1.45. The molecule has 1 aliphatic carbocycles. The van der Waals surface area contributed by atoms with E-state index < -0.39 is 5.95 Å². The summed E-state index contributed by atoms with van der Waals surface area (Å²) in [7, 11) is 2.99. The highest BCUT2D eigenvalue weighted by atomic mass is 32.1. The van der Waals surface area contributed by atoms with Gasteiger partial charge >= 0.3 is 6.01 Å². The fourth-order valence-electron chi connectivity index (χ4n) is 4.16. The SMILES string of the molecule is COc1ncc(-c2cc([C@H]3C[C@@H]3c3ccc4ncsc4c3)c3ncc(F)n3n2)c(OC)n1. The van der Waals surface area contributed by atoms with E-state index >= 15 is 0 Å². The van der Waals surface area contributed by atoms with E-state index in [2.05, 4.69) is 43.2 Å². The highest BCUT2D eigenvalue weighted by molar-refractivity contribution is 7.16. The molecular weight excluding hydrogens is 431 g/mol. The van der Waals surface area contributed by atoms with Gasteiger partial charge in [-0.1, -0.05) is 6.07 Å². The summed E-state index contributed by atoms with van der Waals surface area (Å²) in [5.41, 5.74) is 6.62. The molecule has 160 valence electrons. The van der Waals surface area contributed by atoms with Crippen LogP contribution in [0, 0.1) is 5.95 Å². The van der Waals surface area contributed by atoms with Crippen molar-refractivity contribution in [2.24, 2.45) is 0 Å². The third-order valence-corrected chi connectivity index (χ3v) is 6.60. The molecule has 32 heavy (non-hydrogen) atoms. The molecule has 4 heterocycles. The van der Waals surface area contributed by atoms with Gasteiger partial charge in [-0.05, 0) is 42.0 Å². The molecule has 10 heteroatoms. The number of imidazole rings is 1. The molecule has 0 aliphatic heterocycles. The lowest BCUT2D eigenvalue weighted by Gasteiger charge is -2.11. The summed E-state index contributed by atoms with van der Waals surface area (Å²) in [5.74, 6) is 0.309. The van der Waals surface area contributed by atoms with Crippen LogP contribution in [-0.4, -0.2) is 43.8 Å². The first kappa shape index (κ1) is 19.1. The lowest BCUT2D eigenvalue weighted by atomic mass is 10.0. The van der Waals surface area contributed by atoms with Gasteiger partial charge in [0.15, 0.2) is 5.65 Å². The third kappa shape index (κ3) is 2.98. The number of aromatic nitrogens is 6. The van der Waals surface area contributed by atoms with Crippen molar-refractivity contribution in [1.29, 1.82) is 0 Å². The van der Waals surface area contributed by atoms with Crippen molar-refractivity contribution in [3.63, 3.8) is 0 Å². The molecule has 1 fully saturated rings. The van der Waals surface area contributed by atoms with E-state index in [9.17, 15) is 4.39 Å². The molecule has 8 nitrogen and oxygen atoms in total. The lowest BCUT2D eigenvalue weighted by molar-refractivity contribution is 0.353. The van der Waals surface area contributed by atoms with Crippen LogP contribution in [0.5, 0.6) is 11.9 Å². The largest absolute Gasteiger partial charge is 0.480 e. The standard InChI is InChI=1S/C22H17FN6O2S/c1-30-21-15(8-25-22(27-21)31-2)17-7-14(20-24-9-19(23)29(20)28-17)13-6-12(13)11-3-4-16-18(5-11)32-10-26-16/h3-5,7-10,12-13H,6H2,1-2H3/t12-,13+/m1/s1. The molecule has 0 saturated heterocycles. The number of methoxy groups -OCH3 is 2. The molecule has 0 spiro atoms. The number of halogens is 1. The van der Waals surface area contributed by atoms with Gasteiger partial charge in [-0.3, -0.25) is 0 Å². The Morgan fingerprint density at radius 2 is 1.97 bits per heavy atom. The number of thiazole rings is 1. The highest BCUT2D eigenvalue weighted by Crippen LogP contribution is 2.56. The van der Waals surface area contributed by atoms with E-state index in [1.165, 1.54) is 35.2 Å². The summed E-state index contributed by atoms with van der Waals surface area (Å²) in [6, 6.07) is 8.49. The Labute approximate surface area is 185 Å².